The van der Waals surface area contributed by atoms with Gasteiger partial charge in [0, 0.05) is 12.1 Å². The molecule has 0 saturated heterocycles. The molecule has 112 valence electrons. The Morgan fingerprint density at radius 3 is 2.62 bits per heavy atom. The van der Waals surface area contributed by atoms with Gasteiger partial charge in [-0.15, -0.1) is 0 Å². The number of rotatable bonds is 4. The van der Waals surface area contributed by atoms with Gasteiger partial charge in [-0.25, -0.2) is 13.6 Å². The Morgan fingerprint density at radius 2 is 2.05 bits per heavy atom. The lowest BCUT2D eigenvalue weighted by atomic mass is 10.1. The highest BCUT2D eigenvalue weighted by molar-refractivity contribution is 7.89. The highest BCUT2D eigenvalue weighted by Crippen LogP contribution is 2.20. The Labute approximate surface area is 123 Å². The summed E-state index contributed by atoms with van der Waals surface area (Å²) in [5.74, 6) is 0.304. The second-order valence-corrected chi connectivity index (χ2v) is 6.15. The summed E-state index contributed by atoms with van der Waals surface area (Å²) in [6.45, 7) is 3.59. The van der Waals surface area contributed by atoms with Crippen LogP contribution in [0.15, 0.2) is 39.8 Å². The molecular weight excluding hydrogens is 292 g/mol. The van der Waals surface area contributed by atoms with Crippen molar-refractivity contribution >= 4 is 21.6 Å². The van der Waals surface area contributed by atoms with Gasteiger partial charge >= 0.3 is 0 Å². The molecule has 3 N–H and O–H groups in total. The molecule has 1 heterocycles. The molecule has 0 aliphatic heterocycles. The van der Waals surface area contributed by atoms with Gasteiger partial charge in [0.25, 0.3) is 5.91 Å². The molecule has 0 saturated carbocycles. The number of nitrogens with one attached hydrogen (secondary N) is 1. The van der Waals surface area contributed by atoms with E-state index in [1.165, 1.54) is 24.5 Å². The average molecular weight is 308 g/mol. The third-order valence-electron chi connectivity index (χ3n) is 3.09. The minimum Gasteiger partial charge on any atom is -0.469 e. The van der Waals surface area contributed by atoms with Crippen molar-refractivity contribution in [2.24, 2.45) is 5.14 Å². The first-order chi connectivity index (χ1) is 9.82. The van der Waals surface area contributed by atoms with Crippen LogP contribution in [0, 0.1) is 6.92 Å². The fourth-order valence-electron chi connectivity index (χ4n) is 1.96. The number of aryl methyl sites for hydroxylation is 2. The van der Waals surface area contributed by atoms with E-state index in [-0.39, 0.29) is 10.8 Å². The Kier molecular flexibility index (Phi) is 4.15. The van der Waals surface area contributed by atoms with E-state index in [4.69, 9.17) is 9.56 Å². The molecule has 0 aliphatic rings. The van der Waals surface area contributed by atoms with E-state index in [0.29, 0.717) is 29.0 Å². The van der Waals surface area contributed by atoms with E-state index in [1.54, 1.807) is 13.0 Å². The zero-order valence-corrected chi connectivity index (χ0v) is 12.5. The van der Waals surface area contributed by atoms with Gasteiger partial charge in [0.05, 0.1) is 16.7 Å². The quantitative estimate of drug-likeness (QED) is 0.902. The van der Waals surface area contributed by atoms with E-state index < -0.39 is 10.0 Å². The van der Waals surface area contributed by atoms with Crippen LogP contribution >= 0.6 is 0 Å². The lowest BCUT2D eigenvalue weighted by Crippen LogP contribution is -2.15. The maximum Gasteiger partial charge on any atom is 0.259 e. The van der Waals surface area contributed by atoms with E-state index >= 15 is 0 Å². The largest absolute Gasteiger partial charge is 0.469 e. The van der Waals surface area contributed by atoms with E-state index in [1.807, 2.05) is 6.92 Å². The zero-order valence-electron chi connectivity index (χ0n) is 11.7. The van der Waals surface area contributed by atoms with Gasteiger partial charge in [-0.05, 0) is 36.8 Å². The number of carbonyl (C=O) groups is 1. The third-order valence-corrected chi connectivity index (χ3v) is 4.00. The van der Waals surface area contributed by atoms with Crippen LogP contribution in [0.5, 0.6) is 0 Å². The number of amides is 1. The highest BCUT2D eigenvalue weighted by atomic mass is 32.2. The Morgan fingerprint density at radius 1 is 1.33 bits per heavy atom. The van der Waals surface area contributed by atoms with Gasteiger partial charge in [-0.3, -0.25) is 4.79 Å². The first-order valence-electron chi connectivity index (χ1n) is 6.34. The van der Waals surface area contributed by atoms with Crippen LogP contribution in [-0.4, -0.2) is 14.3 Å². The standard InChI is InChI=1S/C14H16N2O4S/c1-3-13-11(6-7-20-13)14(17)16-12-5-4-10(8-9(12)2)21(15,18)19/h4-8H,3H2,1-2H3,(H,16,17)(H2,15,18,19). The third kappa shape index (κ3) is 3.32. The Hall–Kier alpha value is -2.12. The van der Waals surface area contributed by atoms with Crippen molar-refractivity contribution < 1.29 is 17.6 Å². The molecule has 6 nitrogen and oxygen atoms in total. The molecule has 1 aromatic heterocycles. The summed E-state index contributed by atoms with van der Waals surface area (Å²) in [6.07, 6.45) is 2.07. The number of hydrogen-bond donors (Lipinski definition) is 2. The van der Waals surface area contributed by atoms with Crippen molar-refractivity contribution in [2.45, 2.75) is 25.2 Å². The van der Waals surface area contributed by atoms with Crippen LogP contribution in [0.25, 0.3) is 0 Å². The summed E-state index contributed by atoms with van der Waals surface area (Å²) < 4.78 is 27.7. The van der Waals surface area contributed by atoms with Crippen LogP contribution in [0.1, 0.15) is 28.6 Å². The fourth-order valence-corrected chi connectivity index (χ4v) is 2.56. The summed E-state index contributed by atoms with van der Waals surface area (Å²) in [4.78, 5) is 12.2. The fraction of sp³-hybridized carbons (Fsp3) is 0.214. The van der Waals surface area contributed by atoms with Gasteiger partial charge in [-0.1, -0.05) is 6.92 Å². The molecule has 0 radical (unpaired) electrons. The second-order valence-electron chi connectivity index (χ2n) is 4.59. The molecule has 7 heteroatoms. The van der Waals surface area contributed by atoms with Crippen molar-refractivity contribution in [3.05, 3.63) is 47.4 Å². The van der Waals surface area contributed by atoms with E-state index in [2.05, 4.69) is 5.32 Å². The van der Waals surface area contributed by atoms with Gasteiger partial charge in [0.2, 0.25) is 10.0 Å². The lowest BCUT2D eigenvalue weighted by molar-refractivity contribution is 0.102. The number of primary sulfonamides is 1. The van der Waals surface area contributed by atoms with Crippen molar-refractivity contribution in [3.8, 4) is 0 Å². The zero-order chi connectivity index (χ0) is 15.6. The first-order valence-corrected chi connectivity index (χ1v) is 7.88. The van der Waals surface area contributed by atoms with Crippen LogP contribution in [0.4, 0.5) is 5.69 Å². The van der Waals surface area contributed by atoms with E-state index in [0.717, 1.165) is 0 Å². The Balaban J connectivity index is 2.26. The molecule has 1 aromatic carbocycles. The second kappa shape index (κ2) is 5.71. The molecule has 2 rings (SSSR count). The molecule has 21 heavy (non-hydrogen) atoms. The van der Waals surface area contributed by atoms with Gasteiger partial charge in [0.15, 0.2) is 0 Å². The number of furan rings is 1. The molecule has 1 amide bonds. The van der Waals surface area contributed by atoms with Crippen molar-refractivity contribution in [2.75, 3.05) is 5.32 Å². The molecule has 2 aromatic rings. The summed E-state index contributed by atoms with van der Waals surface area (Å²) in [7, 11) is -3.75. The number of sulfonamides is 1. The van der Waals surface area contributed by atoms with Crippen molar-refractivity contribution in [1.29, 1.82) is 0 Å². The monoisotopic (exact) mass is 308 g/mol. The summed E-state index contributed by atoms with van der Waals surface area (Å²) in [6, 6.07) is 5.88. The molecule has 0 bridgehead atoms. The number of hydrogen-bond acceptors (Lipinski definition) is 4. The van der Waals surface area contributed by atoms with Crippen molar-refractivity contribution in [3.63, 3.8) is 0 Å². The first kappa shape index (κ1) is 15.3. The molecule has 0 unspecified atom stereocenters. The SMILES string of the molecule is CCc1occc1C(=O)Nc1ccc(S(N)(=O)=O)cc1C. The van der Waals surface area contributed by atoms with Crippen LogP contribution in [0.3, 0.4) is 0 Å². The van der Waals surface area contributed by atoms with E-state index in [9.17, 15) is 13.2 Å². The molecular formula is C14H16N2O4S. The smallest absolute Gasteiger partial charge is 0.259 e. The minimum atomic E-state index is -3.75. The number of anilines is 1. The minimum absolute atomic E-state index is 0.00978. The topological polar surface area (TPSA) is 102 Å². The predicted octanol–water partition coefficient (Wildman–Crippen LogP) is 2.05. The van der Waals surface area contributed by atoms with Gasteiger partial charge < -0.3 is 9.73 Å². The lowest BCUT2D eigenvalue weighted by Gasteiger charge is -2.09. The van der Waals surface area contributed by atoms with Crippen LogP contribution in [-0.2, 0) is 16.4 Å². The Bertz CT molecular complexity index is 778. The normalized spacial score (nSPS) is 11.4. The maximum atomic E-state index is 12.2. The predicted molar refractivity (Wildman–Crippen MR) is 78.6 cm³/mol. The number of carbonyl (C=O) groups excluding carboxylic acids is 1. The molecule has 0 fully saturated rings. The number of benzene rings is 1. The van der Waals surface area contributed by atoms with Crippen molar-refractivity contribution in [1.82, 2.24) is 0 Å². The highest BCUT2D eigenvalue weighted by Gasteiger charge is 2.15. The maximum absolute atomic E-state index is 12.2. The van der Waals surface area contributed by atoms with Gasteiger partial charge in [0.1, 0.15) is 5.76 Å². The number of nitrogens with two attached hydrogens (primary N) is 1. The summed E-state index contributed by atoms with van der Waals surface area (Å²) in [5, 5.41) is 7.80. The van der Waals surface area contributed by atoms with Gasteiger partial charge in [-0.2, -0.15) is 0 Å². The average Bonchev–Trinajstić information content (AvgIpc) is 2.88. The summed E-state index contributed by atoms with van der Waals surface area (Å²) in [5.41, 5.74) is 1.60. The summed E-state index contributed by atoms with van der Waals surface area (Å²) >= 11 is 0. The van der Waals surface area contributed by atoms with Crippen LogP contribution in [0.2, 0.25) is 0 Å². The molecule has 0 aliphatic carbocycles. The molecule has 0 spiro atoms. The van der Waals surface area contributed by atoms with Crippen LogP contribution < -0.4 is 10.5 Å². The molecule has 0 atom stereocenters.